The monoisotopic (exact) mass is 245 g/mol. The number of carbonyl (C=O) groups excluding carboxylic acids is 1. The second-order valence-electron chi connectivity index (χ2n) is 5.44. The van der Waals surface area contributed by atoms with Gasteiger partial charge in [0.15, 0.2) is 0 Å². The third-order valence-electron chi connectivity index (χ3n) is 2.77. The fourth-order valence-electron chi connectivity index (χ4n) is 1.62. The molecule has 0 aromatic heterocycles. The predicted octanol–water partition coefficient (Wildman–Crippen LogP) is 2.02. The maximum atomic E-state index is 11.8. The number of hydrogen-bond donors (Lipinski definition) is 2. The van der Waals surface area contributed by atoms with Gasteiger partial charge in [0.25, 0.3) is 0 Å². The van der Waals surface area contributed by atoms with E-state index in [4.69, 9.17) is 0 Å². The standard InChI is InChI=1S/C14H19N3O/c1-14(2,3)13(18)17-11-6-4-10(5-7-11)12-15-8-9-16-12/h4-7H,8-9H2,1-3H3,(H,15,16)(H,17,18). The van der Waals surface area contributed by atoms with Crippen molar-refractivity contribution >= 4 is 17.4 Å². The lowest BCUT2D eigenvalue weighted by atomic mass is 9.95. The van der Waals surface area contributed by atoms with Crippen molar-refractivity contribution in [2.75, 3.05) is 18.4 Å². The summed E-state index contributed by atoms with van der Waals surface area (Å²) < 4.78 is 0. The maximum absolute atomic E-state index is 11.8. The molecule has 4 heteroatoms. The van der Waals surface area contributed by atoms with Crippen LogP contribution < -0.4 is 10.6 Å². The number of carbonyl (C=O) groups is 1. The largest absolute Gasteiger partial charge is 0.368 e. The van der Waals surface area contributed by atoms with Crippen LogP contribution in [-0.2, 0) is 4.79 Å². The van der Waals surface area contributed by atoms with Crippen molar-refractivity contribution < 1.29 is 4.79 Å². The molecule has 1 aliphatic rings. The summed E-state index contributed by atoms with van der Waals surface area (Å²) in [5.41, 5.74) is 1.49. The van der Waals surface area contributed by atoms with Gasteiger partial charge >= 0.3 is 0 Å². The summed E-state index contributed by atoms with van der Waals surface area (Å²) in [6, 6.07) is 7.74. The van der Waals surface area contributed by atoms with Crippen molar-refractivity contribution in [1.29, 1.82) is 0 Å². The van der Waals surface area contributed by atoms with Crippen molar-refractivity contribution in [3.05, 3.63) is 29.8 Å². The van der Waals surface area contributed by atoms with Gasteiger partial charge < -0.3 is 10.6 Å². The van der Waals surface area contributed by atoms with E-state index in [1.165, 1.54) is 0 Å². The highest BCUT2D eigenvalue weighted by Crippen LogP contribution is 2.18. The average molecular weight is 245 g/mol. The van der Waals surface area contributed by atoms with Crippen LogP contribution >= 0.6 is 0 Å². The first kappa shape index (κ1) is 12.6. The molecule has 1 amide bonds. The summed E-state index contributed by atoms with van der Waals surface area (Å²) in [6.07, 6.45) is 0. The van der Waals surface area contributed by atoms with Crippen LogP contribution in [0.15, 0.2) is 29.3 Å². The van der Waals surface area contributed by atoms with E-state index in [1.807, 2.05) is 45.0 Å². The van der Waals surface area contributed by atoms with Gasteiger partial charge in [0.2, 0.25) is 5.91 Å². The highest BCUT2D eigenvalue weighted by Gasteiger charge is 2.21. The Morgan fingerprint density at radius 3 is 2.44 bits per heavy atom. The van der Waals surface area contributed by atoms with E-state index in [2.05, 4.69) is 15.6 Å². The minimum atomic E-state index is -0.379. The predicted molar refractivity (Wildman–Crippen MR) is 73.9 cm³/mol. The minimum absolute atomic E-state index is 0.0200. The van der Waals surface area contributed by atoms with E-state index in [1.54, 1.807) is 0 Å². The van der Waals surface area contributed by atoms with Gasteiger partial charge in [0, 0.05) is 23.2 Å². The van der Waals surface area contributed by atoms with E-state index < -0.39 is 0 Å². The lowest BCUT2D eigenvalue weighted by Gasteiger charge is -2.17. The molecular formula is C14H19N3O. The summed E-state index contributed by atoms with van der Waals surface area (Å²) in [7, 11) is 0. The van der Waals surface area contributed by atoms with E-state index in [-0.39, 0.29) is 11.3 Å². The Morgan fingerprint density at radius 2 is 1.94 bits per heavy atom. The van der Waals surface area contributed by atoms with Crippen LogP contribution in [0.25, 0.3) is 0 Å². The van der Waals surface area contributed by atoms with Crippen LogP contribution in [0.2, 0.25) is 0 Å². The lowest BCUT2D eigenvalue weighted by Crippen LogP contribution is -2.27. The molecule has 0 atom stereocenters. The van der Waals surface area contributed by atoms with Crippen LogP contribution in [0.5, 0.6) is 0 Å². The summed E-state index contributed by atoms with van der Waals surface area (Å²) >= 11 is 0. The molecule has 0 radical (unpaired) electrons. The number of rotatable bonds is 2. The third kappa shape index (κ3) is 2.88. The Balaban J connectivity index is 2.06. The SMILES string of the molecule is CC(C)(C)C(=O)Nc1ccc(C2=NCCN2)cc1. The Morgan fingerprint density at radius 1 is 1.28 bits per heavy atom. The zero-order chi connectivity index (χ0) is 13.2. The van der Waals surface area contributed by atoms with Crippen molar-refractivity contribution in [3.8, 4) is 0 Å². The van der Waals surface area contributed by atoms with Gasteiger partial charge in [-0.1, -0.05) is 20.8 Å². The molecule has 2 rings (SSSR count). The van der Waals surface area contributed by atoms with Crippen molar-refractivity contribution in [1.82, 2.24) is 5.32 Å². The topological polar surface area (TPSA) is 53.5 Å². The first-order valence-electron chi connectivity index (χ1n) is 6.17. The quantitative estimate of drug-likeness (QED) is 0.837. The van der Waals surface area contributed by atoms with Crippen LogP contribution in [0, 0.1) is 5.41 Å². The summed E-state index contributed by atoms with van der Waals surface area (Å²) in [6.45, 7) is 7.42. The minimum Gasteiger partial charge on any atom is -0.368 e. The zero-order valence-electron chi connectivity index (χ0n) is 11.1. The van der Waals surface area contributed by atoms with Gasteiger partial charge in [0.1, 0.15) is 5.84 Å². The van der Waals surface area contributed by atoms with Gasteiger partial charge in [0.05, 0.1) is 6.54 Å². The molecule has 0 unspecified atom stereocenters. The number of aliphatic imine (C=N–C) groups is 1. The van der Waals surface area contributed by atoms with Gasteiger partial charge in [-0.2, -0.15) is 0 Å². The summed E-state index contributed by atoms with van der Waals surface area (Å²) in [5, 5.41) is 6.12. The molecule has 2 N–H and O–H groups in total. The number of benzene rings is 1. The number of anilines is 1. The Bertz CT molecular complexity index is 469. The van der Waals surface area contributed by atoms with Crippen LogP contribution in [0.3, 0.4) is 0 Å². The molecule has 0 aliphatic carbocycles. The van der Waals surface area contributed by atoms with E-state index in [9.17, 15) is 4.79 Å². The van der Waals surface area contributed by atoms with Gasteiger partial charge in [-0.15, -0.1) is 0 Å². The highest BCUT2D eigenvalue weighted by molar-refractivity contribution is 6.00. The number of nitrogens with zero attached hydrogens (tertiary/aromatic N) is 1. The fraction of sp³-hybridized carbons (Fsp3) is 0.429. The molecule has 18 heavy (non-hydrogen) atoms. The number of amides is 1. The normalized spacial score (nSPS) is 14.9. The third-order valence-corrected chi connectivity index (χ3v) is 2.77. The molecule has 1 heterocycles. The van der Waals surface area contributed by atoms with E-state index >= 15 is 0 Å². The molecule has 4 nitrogen and oxygen atoms in total. The molecule has 0 fully saturated rings. The van der Waals surface area contributed by atoms with Crippen LogP contribution in [0.1, 0.15) is 26.3 Å². The lowest BCUT2D eigenvalue weighted by molar-refractivity contribution is -0.123. The highest BCUT2D eigenvalue weighted by atomic mass is 16.2. The molecular weight excluding hydrogens is 226 g/mol. The smallest absolute Gasteiger partial charge is 0.229 e. The molecule has 1 aromatic rings. The van der Waals surface area contributed by atoms with Crippen molar-refractivity contribution in [2.45, 2.75) is 20.8 Å². The Kier molecular flexibility index (Phi) is 3.36. The molecule has 0 spiro atoms. The molecule has 0 saturated carbocycles. The van der Waals surface area contributed by atoms with Gasteiger partial charge in [-0.05, 0) is 24.3 Å². The first-order chi connectivity index (χ1) is 8.47. The maximum Gasteiger partial charge on any atom is 0.229 e. The molecule has 96 valence electrons. The molecule has 0 bridgehead atoms. The number of hydrogen-bond acceptors (Lipinski definition) is 3. The van der Waals surface area contributed by atoms with Crippen LogP contribution in [-0.4, -0.2) is 24.8 Å². The average Bonchev–Trinajstić information content (AvgIpc) is 2.82. The van der Waals surface area contributed by atoms with E-state index in [0.29, 0.717) is 0 Å². The molecule has 1 aliphatic heterocycles. The summed E-state index contributed by atoms with van der Waals surface area (Å²) in [4.78, 5) is 16.2. The molecule has 1 aromatic carbocycles. The second-order valence-corrected chi connectivity index (χ2v) is 5.44. The fourth-order valence-corrected chi connectivity index (χ4v) is 1.62. The van der Waals surface area contributed by atoms with Crippen molar-refractivity contribution in [2.24, 2.45) is 10.4 Å². The van der Waals surface area contributed by atoms with Gasteiger partial charge in [-0.25, -0.2) is 0 Å². The first-order valence-corrected chi connectivity index (χ1v) is 6.17. The van der Waals surface area contributed by atoms with Gasteiger partial charge in [-0.3, -0.25) is 9.79 Å². The Hall–Kier alpha value is -1.84. The van der Waals surface area contributed by atoms with Crippen LogP contribution in [0.4, 0.5) is 5.69 Å². The second kappa shape index (κ2) is 4.80. The van der Waals surface area contributed by atoms with Crippen molar-refractivity contribution in [3.63, 3.8) is 0 Å². The summed E-state index contributed by atoms with van der Waals surface area (Å²) in [5.74, 6) is 0.954. The van der Waals surface area contributed by atoms with E-state index in [0.717, 1.165) is 30.2 Å². The molecule has 0 saturated heterocycles. The zero-order valence-corrected chi connectivity index (χ0v) is 11.1. The number of nitrogens with one attached hydrogen (secondary N) is 2. The Labute approximate surface area is 108 Å². The number of amidine groups is 1.